The Balaban J connectivity index is 1.29. The number of anilines is 4. The Hall–Kier alpha value is -5.59. The van der Waals surface area contributed by atoms with Gasteiger partial charge in [0, 0.05) is 30.9 Å². The molecule has 13 nitrogen and oxygen atoms in total. The molecule has 3 aromatic carbocycles. The summed E-state index contributed by atoms with van der Waals surface area (Å²) in [4.78, 5) is 38.7. The van der Waals surface area contributed by atoms with Crippen LogP contribution in [0.5, 0.6) is 11.5 Å². The van der Waals surface area contributed by atoms with Gasteiger partial charge in [0.15, 0.2) is 11.5 Å². The van der Waals surface area contributed by atoms with E-state index in [4.69, 9.17) is 9.47 Å². The van der Waals surface area contributed by atoms with Crippen molar-refractivity contribution in [3.63, 3.8) is 0 Å². The van der Waals surface area contributed by atoms with Gasteiger partial charge < -0.3 is 19.7 Å². The zero-order valence-electron chi connectivity index (χ0n) is 22.8. The summed E-state index contributed by atoms with van der Waals surface area (Å²) in [5.74, 6) is 1.06. The number of nitrogens with one attached hydrogen (secondary N) is 2. The first kappa shape index (κ1) is 28.0. The number of hydrazone groups is 1. The molecule has 2 N–H and O–H groups in total. The molecule has 42 heavy (non-hydrogen) atoms. The highest BCUT2D eigenvalue weighted by Crippen LogP contribution is 2.29. The van der Waals surface area contributed by atoms with E-state index < -0.39 is 10.9 Å². The molecule has 2 heterocycles. The van der Waals surface area contributed by atoms with Crippen molar-refractivity contribution in [2.45, 2.75) is 19.3 Å². The summed E-state index contributed by atoms with van der Waals surface area (Å²) in [5, 5.41) is 18.4. The molecule has 1 saturated heterocycles. The maximum atomic E-state index is 12.6. The fourth-order valence-electron chi connectivity index (χ4n) is 4.25. The number of nitro groups is 1. The van der Waals surface area contributed by atoms with Crippen LogP contribution in [-0.2, 0) is 0 Å². The van der Waals surface area contributed by atoms with Crippen molar-refractivity contribution in [1.82, 2.24) is 15.0 Å². The summed E-state index contributed by atoms with van der Waals surface area (Å²) in [7, 11) is 1.45. The van der Waals surface area contributed by atoms with Crippen LogP contribution in [0.4, 0.5) is 29.2 Å². The van der Waals surface area contributed by atoms with E-state index in [2.05, 4.69) is 35.7 Å². The van der Waals surface area contributed by atoms with Gasteiger partial charge in [-0.3, -0.25) is 10.1 Å². The van der Waals surface area contributed by atoms with E-state index in [1.54, 1.807) is 24.4 Å². The fourth-order valence-corrected chi connectivity index (χ4v) is 4.25. The Bertz CT molecular complexity index is 1580. The van der Waals surface area contributed by atoms with Crippen molar-refractivity contribution < 1.29 is 19.2 Å². The van der Waals surface area contributed by atoms with Crippen LogP contribution < -0.4 is 25.1 Å². The van der Waals surface area contributed by atoms with Crippen LogP contribution in [0, 0.1) is 10.1 Å². The number of methoxy groups -OCH3 is 1. The second-order valence-corrected chi connectivity index (χ2v) is 9.30. The molecule has 0 aliphatic carbocycles. The number of rotatable bonds is 10. The largest absolute Gasteiger partial charge is 0.493 e. The SMILES string of the molecule is COc1cc(C=NNc2nc(Nc3ccccc3)nc(N3CCCCC3)n2)ccc1OC(=O)c1ccc([N+](=O)[O-])cc1. The highest BCUT2D eigenvalue weighted by atomic mass is 16.6. The number of carbonyl (C=O) groups is 1. The van der Waals surface area contributed by atoms with Crippen LogP contribution in [0.1, 0.15) is 35.2 Å². The minimum atomic E-state index is -0.675. The molecular formula is C29H28N8O5. The van der Waals surface area contributed by atoms with Crippen LogP contribution in [0.25, 0.3) is 0 Å². The highest BCUT2D eigenvalue weighted by molar-refractivity contribution is 5.92. The van der Waals surface area contributed by atoms with Crippen molar-refractivity contribution in [3.05, 3.63) is 94.0 Å². The summed E-state index contributed by atoms with van der Waals surface area (Å²) < 4.78 is 10.8. The number of aromatic nitrogens is 3. The third-order valence-corrected chi connectivity index (χ3v) is 6.37. The molecular weight excluding hydrogens is 540 g/mol. The van der Waals surface area contributed by atoms with E-state index in [1.165, 1.54) is 37.8 Å². The number of non-ortho nitro benzene ring substituents is 1. The van der Waals surface area contributed by atoms with E-state index in [9.17, 15) is 14.9 Å². The van der Waals surface area contributed by atoms with Crippen LogP contribution in [0.3, 0.4) is 0 Å². The lowest BCUT2D eigenvalue weighted by Gasteiger charge is -2.26. The maximum Gasteiger partial charge on any atom is 0.343 e. The number of piperidine rings is 1. The molecule has 1 aliphatic heterocycles. The molecule has 1 fully saturated rings. The lowest BCUT2D eigenvalue weighted by Crippen LogP contribution is -2.31. The number of esters is 1. The molecule has 0 saturated carbocycles. The zero-order valence-corrected chi connectivity index (χ0v) is 22.8. The molecule has 5 rings (SSSR count). The van der Waals surface area contributed by atoms with E-state index in [0.717, 1.165) is 31.6 Å². The quantitative estimate of drug-likeness (QED) is 0.0853. The average molecular weight is 569 g/mol. The summed E-state index contributed by atoms with van der Waals surface area (Å²) >= 11 is 0. The molecule has 0 spiro atoms. The predicted molar refractivity (Wildman–Crippen MR) is 158 cm³/mol. The van der Waals surface area contributed by atoms with Gasteiger partial charge in [-0.2, -0.15) is 20.1 Å². The van der Waals surface area contributed by atoms with E-state index in [1.807, 2.05) is 30.3 Å². The molecule has 1 aromatic heterocycles. The third kappa shape index (κ3) is 7.13. The summed E-state index contributed by atoms with van der Waals surface area (Å²) in [6.45, 7) is 1.75. The molecule has 0 atom stereocenters. The Morgan fingerprint density at radius 2 is 1.69 bits per heavy atom. The molecule has 1 aliphatic rings. The van der Waals surface area contributed by atoms with Crippen LogP contribution >= 0.6 is 0 Å². The van der Waals surface area contributed by atoms with Gasteiger partial charge in [-0.05, 0) is 67.3 Å². The van der Waals surface area contributed by atoms with Gasteiger partial charge in [0.1, 0.15) is 0 Å². The van der Waals surface area contributed by atoms with Crippen molar-refractivity contribution >= 4 is 41.4 Å². The average Bonchev–Trinajstić information content (AvgIpc) is 3.02. The van der Waals surface area contributed by atoms with Crippen molar-refractivity contribution in [1.29, 1.82) is 0 Å². The second-order valence-electron chi connectivity index (χ2n) is 9.30. The summed E-state index contributed by atoms with van der Waals surface area (Å²) in [6, 6.07) is 19.7. The van der Waals surface area contributed by atoms with Gasteiger partial charge in [0.2, 0.25) is 17.8 Å². The summed E-state index contributed by atoms with van der Waals surface area (Å²) in [6.07, 6.45) is 4.90. The molecule has 4 aromatic rings. The number of nitro benzene ring substituents is 1. The van der Waals surface area contributed by atoms with Gasteiger partial charge >= 0.3 is 5.97 Å². The maximum absolute atomic E-state index is 12.6. The highest BCUT2D eigenvalue weighted by Gasteiger charge is 2.17. The molecule has 0 unspecified atom stereocenters. The monoisotopic (exact) mass is 568 g/mol. The number of hydrogen-bond acceptors (Lipinski definition) is 12. The minimum Gasteiger partial charge on any atom is -0.493 e. The Kier molecular flexibility index (Phi) is 8.77. The van der Waals surface area contributed by atoms with Gasteiger partial charge in [-0.15, -0.1) is 0 Å². The van der Waals surface area contributed by atoms with E-state index >= 15 is 0 Å². The lowest BCUT2D eigenvalue weighted by molar-refractivity contribution is -0.384. The van der Waals surface area contributed by atoms with Crippen molar-refractivity contribution in [2.75, 3.05) is 35.8 Å². The number of para-hydroxylation sites is 1. The van der Waals surface area contributed by atoms with Gasteiger partial charge in [-0.1, -0.05) is 18.2 Å². The molecule has 0 amide bonds. The number of nitrogens with zero attached hydrogens (tertiary/aromatic N) is 6. The fraction of sp³-hybridized carbons (Fsp3) is 0.207. The van der Waals surface area contributed by atoms with Gasteiger partial charge in [0.05, 0.1) is 23.8 Å². The van der Waals surface area contributed by atoms with Crippen LogP contribution in [0.2, 0.25) is 0 Å². The predicted octanol–water partition coefficient (Wildman–Crippen LogP) is 5.19. The lowest BCUT2D eigenvalue weighted by atomic mass is 10.1. The number of carbonyl (C=O) groups excluding carboxylic acids is 1. The Morgan fingerprint density at radius 1 is 0.952 bits per heavy atom. The number of benzene rings is 3. The number of ether oxygens (including phenoxy) is 2. The third-order valence-electron chi connectivity index (χ3n) is 6.37. The van der Waals surface area contributed by atoms with E-state index in [-0.39, 0.29) is 22.9 Å². The van der Waals surface area contributed by atoms with Crippen molar-refractivity contribution in [2.24, 2.45) is 5.10 Å². The molecule has 0 radical (unpaired) electrons. The van der Waals surface area contributed by atoms with Crippen LogP contribution in [0.15, 0.2) is 77.9 Å². The second kappa shape index (κ2) is 13.2. The molecule has 214 valence electrons. The first-order valence-corrected chi connectivity index (χ1v) is 13.3. The Morgan fingerprint density at radius 3 is 2.40 bits per heavy atom. The van der Waals surface area contributed by atoms with Crippen LogP contribution in [-0.4, -0.2) is 52.3 Å². The molecule has 13 heteroatoms. The van der Waals surface area contributed by atoms with Gasteiger partial charge in [-0.25, -0.2) is 10.2 Å². The van der Waals surface area contributed by atoms with E-state index in [0.29, 0.717) is 23.2 Å². The van der Waals surface area contributed by atoms with Crippen molar-refractivity contribution in [3.8, 4) is 11.5 Å². The first-order chi connectivity index (χ1) is 20.5. The standard InChI is InChI=1S/C29H28N8O5/c1-41-25-18-20(10-15-24(25)42-26(38)21-11-13-23(14-12-21)37(39)40)19-30-35-28-32-27(31-22-8-4-2-5-9-22)33-29(34-28)36-16-6-3-7-17-36/h2,4-5,8-15,18-19H,3,6-7,16-17H2,1H3,(H2,31,32,33,34,35). The molecule has 0 bridgehead atoms. The topological polar surface area (TPSA) is 157 Å². The smallest absolute Gasteiger partial charge is 0.343 e. The zero-order chi connectivity index (χ0) is 29.3. The Labute approximate surface area is 241 Å². The minimum absolute atomic E-state index is 0.120. The normalized spacial score (nSPS) is 13.0. The first-order valence-electron chi connectivity index (χ1n) is 13.3. The van der Waals surface area contributed by atoms with Gasteiger partial charge in [0.25, 0.3) is 5.69 Å². The summed E-state index contributed by atoms with van der Waals surface area (Å²) in [5.41, 5.74) is 4.44. The number of hydrogen-bond donors (Lipinski definition) is 2.